The minimum absolute atomic E-state index is 0.138. The van der Waals surface area contributed by atoms with Crippen molar-refractivity contribution in [1.82, 2.24) is 15.5 Å². The van der Waals surface area contributed by atoms with E-state index in [0.717, 1.165) is 16.8 Å². The first kappa shape index (κ1) is 11.1. The maximum absolute atomic E-state index is 12.1. The van der Waals surface area contributed by atoms with E-state index in [2.05, 4.69) is 20.8 Å². The normalized spacial score (nSPS) is 17.9. The molecule has 6 heteroatoms. The Labute approximate surface area is 109 Å². The van der Waals surface area contributed by atoms with Crippen molar-refractivity contribution in [3.05, 3.63) is 46.2 Å². The van der Waals surface area contributed by atoms with Crippen LogP contribution in [-0.4, -0.2) is 16.1 Å². The molecule has 5 nitrogen and oxygen atoms in total. The van der Waals surface area contributed by atoms with Gasteiger partial charge in [-0.05, 0) is 24.6 Å². The molecule has 1 aliphatic heterocycles. The molecule has 18 heavy (non-hydrogen) atoms. The summed E-state index contributed by atoms with van der Waals surface area (Å²) in [5.41, 5.74) is 3.21. The van der Waals surface area contributed by atoms with E-state index in [-0.39, 0.29) is 12.1 Å². The molecule has 1 unspecified atom stereocenters. The van der Waals surface area contributed by atoms with Gasteiger partial charge in [0.25, 0.3) is 5.91 Å². The summed E-state index contributed by atoms with van der Waals surface area (Å²) in [6.07, 6.45) is 3.14. The van der Waals surface area contributed by atoms with Crippen LogP contribution in [0.3, 0.4) is 0 Å². The van der Waals surface area contributed by atoms with Crippen molar-refractivity contribution >= 4 is 23.2 Å². The summed E-state index contributed by atoms with van der Waals surface area (Å²) in [5.74, 6) is -0.138. The third-order valence-corrected chi connectivity index (χ3v) is 3.18. The highest BCUT2D eigenvalue weighted by molar-refractivity contribution is 6.31. The number of nitrogens with zero attached hydrogens (tertiary/aromatic N) is 1. The fourth-order valence-corrected chi connectivity index (χ4v) is 2.36. The van der Waals surface area contributed by atoms with Crippen LogP contribution in [-0.2, 0) is 0 Å². The Hall–Kier alpha value is -2.01. The lowest BCUT2D eigenvalue weighted by atomic mass is 10.0. The first-order valence-electron chi connectivity index (χ1n) is 5.51. The molecule has 0 radical (unpaired) electrons. The van der Waals surface area contributed by atoms with Crippen molar-refractivity contribution in [1.29, 1.82) is 0 Å². The minimum Gasteiger partial charge on any atom is -0.361 e. The van der Waals surface area contributed by atoms with E-state index in [9.17, 15) is 4.79 Å². The van der Waals surface area contributed by atoms with Crippen molar-refractivity contribution in [2.24, 2.45) is 0 Å². The van der Waals surface area contributed by atoms with Gasteiger partial charge in [-0.15, -0.1) is 0 Å². The largest absolute Gasteiger partial charge is 0.361 e. The first-order chi connectivity index (χ1) is 8.65. The number of anilines is 1. The number of aromatic amines is 1. The molecule has 1 atom stereocenters. The zero-order valence-corrected chi connectivity index (χ0v) is 10.4. The molecule has 0 bridgehead atoms. The van der Waals surface area contributed by atoms with Crippen molar-refractivity contribution in [3.63, 3.8) is 0 Å². The van der Waals surface area contributed by atoms with Crippen molar-refractivity contribution < 1.29 is 4.79 Å². The molecule has 0 spiro atoms. The number of aromatic nitrogens is 2. The lowest BCUT2D eigenvalue weighted by molar-refractivity contribution is 0.0935. The number of aryl methyl sites for hydroxylation is 1. The molecule has 1 aliphatic rings. The highest BCUT2D eigenvalue weighted by Gasteiger charge is 2.26. The van der Waals surface area contributed by atoms with Crippen LogP contribution in [0, 0.1) is 6.92 Å². The van der Waals surface area contributed by atoms with E-state index in [1.54, 1.807) is 18.5 Å². The van der Waals surface area contributed by atoms with Gasteiger partial charge in [0, 0.05) is 16.8 Å². The van der Waals surface area contributed by atoms with E-state index >= 15 is 0 Å². The Bertz CT molecular complexity index is 609. The van der Waals surface area contributed by atoms with Crippen LogP contribution in [0.1, 0.15) is 27.7 Å². The number of fused-ring (bicyclic) bond motifs is 1. The summed E-state index contributed by atoms with van der Waals surface area (Å²) in [4.78, 5) is 12.1. The van der Waals surface area contributed by atoms with Gasteiger partial charge in [0.2, 0.25) is 0 Å². The number of benzene rings is 1. The Morgan fingerprint density at radius 2 is 2.17 bits per heavy atom. The summed E-state index contributed by atoms with van der Waals surface area (Å²) in [6.45, 7) is 1.92. The second-order valence-electron chi connectivity index (χ2n) is 4.23. The Morgan fingerprint density at radius 3 is 2.89 bits per heavy atom. The van der Waals surface area contributed by atoms with Crippen LogP contribution in [0.4, 0.5) is 5.69 Å². The van der Waals surface area contributed by atoms with Crippen LogP contribution in [0.25, 0.3) is 0 Å². The van der Waals surface area contributed by atoms with Crippen LogP contribution in [0.2, 0.25) is 5.02 Å². The van der Waals surface area contributed by atoms with Gasteiger partial charge in [-0.2, -0.15) is 5.10 Å². The van der Waals surface area contributed by atoms with E-state index in [4.69, 9.17) is 11.6 Å². The zero-order valence-electron chi connectivity index (χ0n) is 9.62. The lowest BCUT2D eigenvalue weighted by Crippen LogP contribution is -2.38. The van der Waals surface area contributed by atoms with E-state index in [0.29, 0.717) is 10.6 Å². The van der Waals surface area contributed by atoms with E-state index < -0.39 is 0 Å². The monoisotopic (exact) mass is 262 g/mol. The molecule has 0 saturated carbocycles. The molecular weight excluding hydrogens is 252 g/mol. The first-order valence-corrected chi connectivity index (χ1v) is 5.89. The predicted molar refractivity (Wildman–Crippen MR) is 68.6 cm³/mol. The second-order valence-corrected chi connectivity index (χ2v) is 4.66. The summed E-state index contributed by atoms with van der Waals surface area (Å²) in [7, 11) is 0. The van der Waals surface area contributed by atoms with Gasteiger partial charge in [-0.3, -0.25) is 9.89 Å². The highest BCUT2D eigenvalue weighted by atomic mass is 35.5. The molecule has 3 N–H and O–H groups in total. The third kappa shape index (κ3) is 1.73. The molecule has 0 fully saturated rings. The number of hydrogen-bond acceptors (Lipinski definition) is 3. The quantitative estimate of drug-likeness (QED) is 0.738. The molecule has 0 aliphatic carbocycles. The Kier molecular flexibility index (Phi) is 2.48. The fraction of sp³-hybridized carbons (Fsp3) is 0.167. The van der Waals surface area contributed by atoms with E-state index in [1.165, 1.54) is 0 Å². The Balaban J connectivity index is 2.05. The molecule has 2 heterocycles. The molecule has 1 aromatic carbocycles. The maximum Gasteiger partial charge on any atom is 0.255 e. The number of halogens is 1. The average Bonchev–Trinajstić information content (AvgIpc) is 2.83. The van der Waals surface area contributed by atoms with Gasteiger partial charge in [0.1, 0.15) is 6.17 Å². The molecule has 2 aromatic rings. The number of amides is 1. The molecule has 1 amide bonds. The molecule has 0 saturated heterocycles. The number of H-pyrrole nitrogens is 1. The average molecular weight is 263 g/mol. The topological polar surface area (TPSA) is 69.8 Å². The van der Waals surface area contributed by atoms with Gasteiger partial charge in [-0.1, -0.05) is 11.6 Å². The SMILES string of the molecule is Cc1cc(Cl)cc2c1NC(c1cn[nH]c1)NC2=O. The van der Waals surface area contributed by atoms with Gasteiger partial charge in [0.15, 0.2) is 0 Å². The van der Waals surface area contributed by atoms with Crippen molar-refractivity contribution in [2.75, 3.05) is 5.32 Å². The Morgan fingerprint density at radius 1 is 1.33 bits per heavy atom. The summed E-state index contributed by atoms with van der Waals surface area (Å²) < 4.78 is 0. The summed E-state index contributed by atoms with van der Waals surface area (Å²) in [6, 6.07) is 3.50. The fourth-order valence-electron chi connectivity index (χ4n) is 2.09. The maximum atomic E-state index is 12.1. The number of rotatable bonds is 1. The number of hydrogen-bond donors (Lipinski definition) is 3. The van der Waals surface area contributed by atoms with Crippen molar-refractivity contribution in [2.45, 2.75) is 13.1 Å². The lowest BCUT2D eigenvalue weighted by Gasteiger charge is -2.28. The van der Waals surface area contributed by atoms with Gasteiger partial charge < -0.3 is 10.6 Å². The van der Waals surface area contributed by atoms with Gasteiger partial charge in [0.05, 0.1) is 17.4 Å². The van der Waals surface area contributed by atoms with Gasteiger partial charge >= 0.3 is 0 Å². The van der Waals surface area contributed by atoms with Crippen LogP contribution < -0.4 is 10.6 Å². The number of nitrogens with one attached hydrogen (secondary N) is 3. The highest BCUT2D eigenvalue weighted by Crippen LogP contribution is 2.31. The molecular formula is C12H11ClN4O. The van der Waals surface area contributed by atoms with Gasteiger partial charge in [-0.25, -0.2) is 0 Å². The summed E-state index contributed by atoms with van der Waals surface area (Å²) in [5, 5.41) is 13.3. The zero-order chi connectivity index (χ0) is 12.7. The predicted octanol–water partition coefficient (Wildman–Crippen LogP) is 2.23. The smallest absolute Gasteiger partial charge is 0.255 e. The van der Waals surface area contributed by atoms with Crippen LogP contribution in [0.5, 0.6) is 0 Å². The molecule has 3 rings (SSSR count). The molecule has 92 valence electrons. The van der Waals surface area contributed by atoms with E-state index in [1.807, 2.05) is 13.0 Å². The standard InChI is InChI=1S/C12H11ClN4O/c1-6-2-8(13)3-9-10(6)16-11(17-12(9)18)7-4-14-15-5-7/h2-5,11,16H,1H3,(H,14,15)(H,17,18). The minimum atomic E-state index is -0.274. The van der Waals surface area contributed by atoms with Crippen LogP contribution >= 0.6 is 11.6 Å². The number of carbonyl (C=O) groups excluding carboxylic acids is 1. The van der Waals surface area contributed by atoms with Crippen molar-refractivity contribution in [3.8, 4) is 0 Å². The molecule has 1 aromatic heterocycles. The summed E-state index contributed by atoms with van der Waals surface area (Å²) >= 11 is 5.96. The second kappa shape index (κ2) is 4.03. The number of carbonyl (C=O) groups is 1. The van der Waals surface area contributed by atoms with Crippen LogP contribution in [0.15, 0.2) is 24.5 Å². The third-order valence-electron chi connectivity index (χ3n) is 2.96.